The molecule has 0 aliphatic carbocycles. The molecule has 0 aliphatic rings. The molecule has 1 heterocycles. The van der Waals surface area contributed by atoms with Crippen LogP contribution in [0.25, 0.3) is 0 Å². The van der Waals surface area contributed by atoms with Crippen molar-refractivity contribution < 1.29 is 0 Å². The van der Waals surface area contributed by atoms with Crippen LogP contribution in [0, 0.1) is 0 Å². The first kappa shape index (κ1) is 7.94. The van der Waals surface area contributed by atoms with Crippen LogP contribution >= 0.6 is 0 Å². The molecule has 1 aromatic rings. The minimum atomic E-state index is 0.494. The first-order valence-electron chi connectivity index (χ1n) is 3.42. The van der Waals surface area contributed by atoms with E-state index in [1.54, 1.807) is 12.4 Å². The third kappa shape index (κ3) is 1.88. The normalized spacial score (nSPS) is 9.73. The third-order valence-corrected chi connectivity index (χ3v) is 1.33. The summed E-state index contributed by atoms with van der Waals surface area (Å²) < 4.78 is 0. The highest BCUT2D eigenvalue weighted by Crippen LogP contribution is 2.01. The lowest BCUT2D eigenvalue weighted by Crippen LogP contribution is -2.12. The Hall–Kier alpha value is -1.16. The van der Waals surface area contributed by atoms with Gasteiger partial charge in [-0.15, -0.1) is 0 Å². The van der Waals surface area contributed by atoms with E-state index in [4.69, 9.17) is 5.73 Å². The van der Waals surface area contributed by atoms with Crippen LogP contribution in [0.2, 0.25) is 0 Å². The molecule has 1 rings (SSSR count). The first-order valence-corrected chi connectivity index (χ1v) is 3.42. The number of nitrogens with zero attached hydrogens (tertiary/aromatic N) is 3. The molecule has 0 radical (unpaired) electrons. The highest BCUT2D eigenvalue weighted by Gasteiger charge is 1.96. The van der Waals surface area contributed by atoms with Gasteiger partial charge in [-0.1, -0.05) is 0 Å². The summed E-state index contributed by atoms with van der Waals surface area (Å²) in [5.41, 5.74) is 6.34. The average Bonchev–Trinajstić information content (AvgIpc) is 2.05. The molecule has 0 saturated heterocycles. The maximum absolute atomic E-state index is 5.38. The summed E-state index contributed by atoms with van der Waals surface area (Å²) in [7, 11) is 3.80. The molecule has 0 aliphatic heterocycles. The smallest absolute Gasteiger partial charge is 0.224 e. The van der Waals surface area contributed by atoms with Gasteiger partial charge < -0.3 is 10.6 Å². The van der Waals surface area contributed by atoms with E-state index in [-0.39, 0.29) is 0 Å². The predicted octanol–water partition coefficient (Wildman–Crippen LogP) is 0.00130. The molecule has 0 saturated carbocycles. The third-order valence-electron chi connectivity index (χ3n) is 1.33. The van der Waals surface area contributed by atoms with Gasteiger partial charge in [0.25, 0.3) is 0 Å². The lowest BCUT2D eigenvalue weighted by molar-refractivity contribution is 0.955. The second-order valence-electron chi connectivity index (χ2n) is 2.49. The molecule has 0 atom stereocenters. The number of anilines is 1. The number of aromatic nitrogens is 2. The second kappa shape index (κ2) is 3.30. The lowest BCUT2D eigenvalue weighted by atomic mass is 10.3. The van der Waals surface area contributed by atoms with Crippen molar-refractivity contribution in [2.24, 2.45) is 5.73 Å². The van der Waals surface area contributed by atoms with E-state index in [1.165, 1.54) is 0 Å². The fourth-order valence-electron chi connectivity index (χ4n) is 0.684. The zero-order valence-electron chi connectivity index (χ0n) is 6.78. The Morgan fingerprint density at radius 3 is 2.27 bits per heavy atom. The monoisotopic (exact) mass is 152 g/mol. The van der Waals surface area contributed by atoms with Crippen molar-refractivity contribution in [3.63, 3.8) is 0 Å². The molecule has 60 valence electrons. The summed E-state index contributed by atoms with van der Waals surface area (Å²) in [6.45, 7) is 0.494. The highest BCUT2D eigenvalue weighted by atomic mass is 15.2. The van der Waals surface area contributed by atoms with Gasteiger partial charge in [0.15, 0.2) is 0 Å². The Kier molecular flexibility index (Phi) is 2.38. The topological polar surface area (TPSA) is 55.0 Å². The first-order chi connectivity index (χ1) is 5.24. The van der Waals surface area contributed by atoms with E-state index in [2.05, 4.69) is 9.97 Å². The van der Waals surface area contributed by atoms with E-state index in [1.807, 2.05) is 19.0 Å². The molecule has 0 spiro atoms. The van der Waals surface area contributed by atoms with Crippen molar-refractivity contribution in [1.29, 1.82) is 0 Å². The summed E-state index contributed by atoms with van der Waals surface area (Å²) in [5, 5.41) is 0. The Morgan fingerprint density at radius 2 is 1.91 bits per heavy atom. The summed E-state index contributed by atoms with van der Waals surface area (Å²) in [6, 6.07) is 0. The van der Waals surface area contributed by atoms with Crippen LogP contribution < -0.4 is 10.6 Å². The molecule has 0 aromatic carbocycles. The van der Waals surface area contributed by atoms with Gasteiger partial charge in [0, 0.05) is 38.6 Å². The second-order valence-corrected chi connectivity index (χ2v) is 2.49. The van der Waals surface area contributed by atoms with E-state index in [9.17, 15) is 0 Å². The zero-order chi connectivity index (χ0) is 8.27. The van der Waals surface area contributed by atoms with Crippen LogP contribution in [0.4, 0.5) is 5.95 Å². The Bertz CT molecular complexity index is 216. The van der Waals surface area contributed by atoms with Gasteiger partial charge in [-0.25, -0.2) is 9.97 Å². The largest absolute Gasteiger partial charge is 0.347 e. The van der Waals surface area contributed by atoms with Crippen molar-refractivity contribution in [3.8, 4) is 0 Å². The van der Waals surface area contributed by atoms with Crippen LogP contribution in [-0.2, 0) is 6.54 Å². The molecular weight excluding hydrogens is 140 g/mol. The molecule has 4 heteroatoms. The van der Waals surface area contributed by atoms with E-state index in [0.717, 1.165) is 5.56 Å². The zero-order valence-corrected chi connectivity index (χ0v) is 6.78. The molecule has 11 heavy (non-hydrogen) atoms. The minimum Gasteiger partial charge on any atom is -0.347 e. The highest BCUT2D eigenvalue weighted by molar-refractivity contribution is 5.26. The molecule has 4 nitrogen and oxygen atoms in total. The van der Waals surface area contributed by atoms with E-state index in [0.29, 0.717) is 12.5 Å². The van der Waals surface area contributed by atoms with Crippen LogP contribution in [0.5, 0.6) is 0 Å². The van der Waals surface area contributed by atoms with Crippen LogP contribution in [0.3, 0.4) is 0 Å². The minimum absolute atomic E-state index is 0.494. The van der Waals surface area contributed by atoms with E-state index < -0.39 is 0 Å². The number of hydrogen-bond acceptors (Lipinski definition) is 4. The molecule has 2 N–H and O–H groups in total. The van der Waals surface area contributed by atoms with Crippen molar-refractivity contribution in [1.82, 2.24) is 9.97 Å². The van der Waals surface area contributed by atoms with Crippen molar-refractivity contribution >= 4 is 5.95 Å². The van der Waals surface area contributed by atoms with Gasteiger partial charge in [-0.2, -0.15) is 0 Å². The van der Waals surface area contributed by atoms with Crippen molar-refractivity contribution in [3.05, 3.63) is 18.0 Å². The van der Waals surface area contributed by atoms with Gasteiger partial charge in [0.2, 0.25) is 5.95 Å². The Balaban J connectivity index is 2.83. The van der Waals surface area contributed by atoms with Gasteiger partial charge in [0.1, 0.15) is 0 Å². The fourth-order valence-corrected chi connectivity index (χ4v) is 0.684. The van der Waals surface area contributed by atoms with Crippen molar-refractivity contribution in [2.75, 3.05) is 19.0 Å². The van der Waals surface area contributed by atoms with Crippen LogP contribution in [-0.4, -0.2) is 24.1 Å². The summed E-state index contributed by atoms with van der Waals surface area (Å²) >= 11 is 0. The molecule has 0 amide bonds. The predicted molar refractivity (Wildman–Crippen MR) is 44.3 cm³/mol. The number of nitrogens with two attached hydrogens (primary N) is 1. The van der Waals surface area contributed by atoms with Crippen LogP contribution in [0.1, 0.15) is 5.56 Å². The Labute approximate surface area is 66.1 Å². The van der Waals surface area contributed by atoms with E-state index >= 15 is 0 Å². The van der Waals surface area contributed by atoms with Gasteiger partial charge in [-0.3, -0.25) is 0 Å². The van der Waals surface area contributed by atoms with Gasteiger partial charge in [-0.05, 0) is 0 Å². The fraction of sp³-hybridized carbons (Fsp3) is 0.429. The summed E-state index contributed by atoms with van der Waals surface area (Å²) in [5.74, 6) is 0.710. The summed E-state index contributed by atoms with van der Waals surface area (Å²) in [6.07, 6.45) is 3.48. The molecule has 0 bridgehead atoms. The molecule has 1 aromatic heterocycles. The molecule has 0 fully saturated rings. The number of rotatable bonds is 2. The number of hydrogen-bond donors (Lipinski definition) is 1. The van der Waals surface area contributed by atoms with Crippen molar-refractivity contribution in [2.45, 2.75) is 6.54 Å². The summed E-state index contributed by atoms with van der Waals surface area (Å²) in [4.78, 5) is 10.0. The standard InChI is InChI=1S/C7H12N4/c1-11(2)7-9-4-6(3-8)5-10-7/h4-5H,3,8H2,1-2H3. The molecule has 0 unspecified atom stereocenters. The Morgan fingerprint density at radius 1 is 1.36 bits per heavy atom. The van der Waals surface area contributed by atoms with Gasteiger partial charge >= 0.3 is 0 Å². The van der Waals surface area contributed by atoms with Crippen LogP contribution in [0.15, 0.2) is 12.4 Å². The quantitative estimate of drug-likeness (QED) is 0.648. The maximum Gasteiger partial charge on any atom is 0.224 e. The maximum atomic E-state index is 5.38. The lowest BCUT2D eigenvalue weighted by Gasteiger charge is -2.08. The molecular formula is C7H12N4. The van der Waals surface area contributed by atoms with Gasteiger partial charge in [0.05, 0.1) is 0 Å². The average molecular weight is 152 g/mol. The SMILES string of the molecule is CN(C)c1ncc(CN)cn1.